The highest BCUT2D eigenvalue weighted by atomic mass is 16.6. The molecule has 1 rings (SSSR count). The van der Waals surface area contributed by atoms with Crippen LogP contribution in [-0.2, 0) is 9.53 Å². The molecule has 0 aromatic carbocycles. The number of ether oxygens (including phenoxy) is 1. The van der Waals surface area contributed by atoms with Crippen LogP contribution in [0, 0.1) is 5.92 Å². The van der Waals surface area contributed by atoms with E-state index in [-0.39, 0.29) is 11.9 Å². The van der Waals surface area contributed by atoms with Gasteiger partial charge in [0, 0.05) is 0 Å². The third kappa shape index (κ3) is 27.8. The molecule has 1 fully saturated rings. The quantitative estimate of drug-likeness (QED) is 0.0387. The summed E-state index contributed by atoms with van der Waals surface area (Å²) < 4.78 is 5.36. The molecule has 1 aliphatic rings. The molecule has 1 saturated heterocycles. The zero-order chi connectivity index (χ0) is 33.0. The van der Waals surface area contributed by atoms with Crippen molar-refractivity contribution in [1.29, 1.82) is 0 Å². The number of allylic oxidation sites excluding steroid dienone is 5. The van der Waals surface area contributed by atoms with Gasteiger partial charge in [-0.1, -0.05) is 192 Å². The van der Waals surface area contributed by atoms with Gasteiger partial charge < -0.3 is 4.74 Å². The van der Waals surface area contributed by atoms with E-state index in [9.17, 15) is 4.79 Å². The van der Waals surface area contributed by atoms with Crippen molar-refractivity contribution < 1.29 is 9.53 Å². The van der Waals surface area contributed by atoms with Gasteiger partial charge in [0.05, 0.1) is 0 Å². The first kappa shape index (κ1) is 42.7. The molecular weight excluding hydrogens is 560 g/mol. The first-order chi connectivity index (χ1) is 22.8. The van der Waals surface area contributed by atoms with Gasteiger partial charge >= 0.3 is 5.97 Å². The van der Waals surface area contributed by atoms with Crippen LogP contribution in [0.4, 0.5) is 0 Å². The predicted octanol–water partition coefficient (Wildman–Crippen LogP) is 15.5. The smallest absolute Gasteiger partial charge is 0.321 e. The van der Waals surface area contributed by atoms with Crippen molar-refractivity contribution in [3.05, 3.63) is 36.1 Å². The lowest BCUT2D eigenvalue weighted by atomic mass is 9.94. The lowest BCUT2D eigenvalue weighted by molar-refractivity contribution is -0.157. The van der Waals surface area contributed by atoms with Crippen molar-refractivity contribution in [2.45, 2.75) is 232 Å². The first-order valence-electron chi connectivity index (χ1n) is 21.0. The number of carbonyl (C=O) groups excluding carboxylic acids is 1. The van der Waals surface area contributed by atoms with Crippen LogP contribution in [0.3, 0.4) is 0 Å². The average molecular weight is 641 g/mol. The van der Waals surface area contributed by atoms with Crippen LogP contribution in [0.15, 0.2) is 36.1 Å². The molecule has 0 radical (unpaired) electrons. The Balaban J connectivity index is 1.86. The average Bonchev–Trinajstić information content (AvgIpc) is 3.06. The normalized spacial score (nSPS) is 15.8. The second-order valence-electron chi connectivity index (χ2n) is 14.4. The van der Waals surface area contributed by atoms with Gasteiger partial charge in [-0.25, -0.2) is 0 Å². The van der Waals surface area contributed by atoms with Crippen molar-refractivity contribution in [2.24, 2.45) is 5.92 Å². The van der Waals surface area contributed by atoms with Gasteiger partial charge in [0.2, 0.25) is 0 Å². The Kier molecular flexibility index (Phi) is 32.5. The van der Waals surface area contributed by atoms with Gasteiger partial charge in [-0.3, -0.25) is 4.79 Å². The van der Waals surface area contributed by atoms with Crippen molar-refractivity contribution in [1.82, 2.24) is 0 Å². The van der Waals surface area contributed by atoms with Crippen molar-refractivity contribution in [3.63, 3.8) is 0 Å². The third-order valence-corrected chi connectivity index (χ3v) is 9.91. The van der Waals surface area contributed by atoms with Gasteiger partial charge in [-0.2, -0.15) is 0 Å². The Morgan fingerprint density at radius 2 is 0.739 bits per heavy atom. The highest BCUT2D eigenvalue weighted by molar-refractivity contribution is 5.82. The van der Waals surface area contributed by atoms with Crippen LogP contribution >= 0.6 is 0 Å². The summed E-state index contributed by atoms with van der Waals surface area (Å²) in [7, 11) is 0. The first-order valence-corrected chi connectivity index (χ1v) is 21.0. The number of carbonyl (C=O) groups is 1. The number of hydrogen-bond donors (Lipinski definition) is 0. The molecule has 0 saturated carbocycles. The van der Waals surface area contributed by atoms with Crippen LogP contribution < -0.4 is 0 Å². The predicted molar refractivity (Wildman–Crippen MR) is 204 cm³/mol. The van der Waals surface area contributed by atoms with Gasteiger partial charge in [0.25, 0.3) is 0 Å². The lowest BCUT2D eigenvalue weighted by Gasteiger charge is -2.27. The van der Waals surface area contributed by atoms with Gasteiger partial charge in [0.15, 0.2) is 0 Å². The largest absolute Gasteiger partial charge is 0.430 e. The molecule has 1 unspecified atom stereocenters. The second-order valence-corrected chi connectivity index (χ2v) is 14.4. The fraction of sp³-hybridized carbons (Fsp3) is 0.841. The highest BCUT2D eigenvalue weighted by Gasteiger charge is 2.36. The van der Waals surface area contributed by atoms with Crippen LogP contribution in [0.2, 0.25) is 0 Å². The molecule has 0 spiro atoms. The fourth-order valence-corrected chi connectivity index (χ4v) is 6.71. The molecule has 0 amide bonds. The molecule has 268 valence electrons. The summed E-state index contributed by atoms with van der Waals surface area (Å²) in [6.07, 6.45) is 57.3. The van der Waals surface area contributed by atoms with E-state index >= 15 is 0 Å². The van der Waals surface area contributed by atoms with Crippen molar-refractivity contribution >= 4 is 5.97 Å². The van der Waals surface area contributed by atoms with Crippen LogP contribution in [0.5, 0.6) is 0 Å². The summed E-state index contributed by atoms with van der Waals surface area (Å²) >= 11 is 0. The number of esters is 1. The van der Waals surface area contributed by atoms with Crippen molar-refractivity contribution in [2.75, 3.05) is 0 Å². The van der Waals surface area contributed by atoms with Gasteiger partial charge in [-0.05, 0) is 70.3 Å². The summed E-state index contributed by atoms with van der Waals surface area (Å²) in [4.78, 5) is 12.0. The summed E-state index contributed by atoms with van der Waals surface area (Å²) in [5, 5.41) is 0. The molecule has 0 bridgehead atoms. The number of hydrogen-bond acceptors (Lipinski definition) is 2. The Morgan fingerprint density at radius 1 is 0.413 bits per heavy atom. The van der Waals surface area contributed by atoms with E-state index in [1.165, 1.54) is 180 Å². The maximum Gasteiger partial charge on any atom is 0.321 e. The molecule has 1 aliphatic heterocycles. The summed E-state index contributed by atoms with van der Waals surface area (Å²) in [6.45, 7) is 4.59. The molecule has 1 atom stereocenters. The van der Waals surface area contributed by atoms with Crippen molar-refractivity contribution in [3.8, 4) is 0 Å². The molecular formula is C44H80O2. The molecule has 46 heavy (non-hydrogen) atoms. The third-order valence-electron chi connectivity index (χ3n) is 9.91. The highest BCUT2D eigenvalue weighted by Crippen LogP contribution is 2.31. The molecule has 0 aliphatic carbocycles. The number of rotatable bonds is 36. The molecule has 1 heterocycles. The SMILES string of the molecule is CCCCCCCCCCCCCCC/C=C/CCC/C=C1/OC(=O)C1CCC/C=C/CCCCCCCCCCCCCCC. The van der Waals surface area contributed by atoms with E-state index in [1.807, 2.05) is 0 Å². The molecule has 2 nitrogen and oxygen atoms in total. The van der Waals surface area contributed by atoms with Crippen LogP contribution in [0.1, 0.15) is 232 Å². The van der Waals surface area contributed by atoms with E-state index < -0.39 is 0 Å². The Hall–Kier alpha value is -1.31. The summed E-state index contributed by atoms with van der Waals surface area (Å²) in [5.74, 6) is 0.956. The van der Waals surface area contributed by atoms with Crippen LogP contribution in [-0.4, -0.2) is 5.97 Å². The Bertz CT molecular complexity index is 732. The molecule has 0 aromatic rings. The maximum atomic E-state index is 12.0. The molecule has 2 heteroatoms. The van der Waals surface area contributed by atoms with E-state index in [1.54, 1.807) is 0 Å². The minimum atomic E-state index is -0.0140. The lowest BCUT2D eigenvalue weighted by Crippen LogP contribution is -2.32. The molecule has 0 N–H and O–H groups in total. The second kappa shape index (κ2) is 35.0. The van der Waals surface area contributed by atoms with Crippen LogP contribution in [0.25, 0.3) is 0 Å². The Morgan fingerprint density at radius 3 is 1.11 bits per heavy atom. The molecule has 0 aromatic heterocycles. The zero-order valence-corrected chi connectivity index (χ0v) is 31.3. The van der Waals surface area contributed by atoms with E-state index in [0.29, 0.717) is 0 Å². The minimum Gasteiger partial charge on any atom is -0.430 e. The topological polar surface area (TPSA) is 26.3 Å². The summed E-state index contributed by atoms with van der Waals surface area (Å²) in [6, 6.07) is 0. The van der Waals surface area contributed by atoms with E-state index in [4.69, 9.17) is 4.74 Å². The maximum absolute atomic E-state index is 12.0. The summed E-state index contributed by atoms with van der Waals surface area (Å²) in [5.41, 5.74) is 0. The van der Waals surface area contributed by atoms with E-state index in [0.717, 1.165) is 44.3 Å². The fourth-order valence-electron chi connectivity index (χ4n) is 6.71. The standard InChI is InChI=1S/C44H80O2/c1-3-5-7-9-11-13-15-17-19-21-23-25-27-29-31-33-35-37-39-41-43-42(44(45)46-43)40-38-36-34-32-30-28-26-24-22-20-18-16-14-12-10-8-6-4-2/h31-34,41-42H,3-30,35-40H2,1-2H3/b33-31+,34-32+,43-41+. The van der Waals surface area contributed by atoms with Gasteiger partial charge in [-0.15, -0.1) is 0 Å². The van der Waals surface area contributed by atoms with Gasteiger partial charge in [0.1, 0.15) is 11.7 Å². The Labute approximate surface area is 289 Å². The number of unbranched alkanes of at least 4 members (excludes halogenated alkanes) is 29. The minimum absolute atomic E-state index is 0.0140. The number of cyclic esters (lactones) is 1. The zero-order valence-electron chi connectivity index (χ0n) is 31.3. The monoisotopic (exact) mass is 641 g/mol. The van der Waals surface area contributed by atoms with E-state index in [2.05, 4.69) is 44.2 Å².